The standard InChI is InChI=1S/C26H28N2O2/c1-2-19-8-5-13-23(16-19)27-26(30)22-12-7-15-28(18-22)25(29)17-21-11-6-10-20-9-3-4-14-24(20)21/h3-6,8-11,13-14,16,22H,2,7,12,15,17-18H2,1H3,(H,27,30). The number of nitrogens with zero attached hydrogens (tertiary/aromatic N) is 1. The first-order chi connectivity index (χ1) is 14.6. The molecule has 1 unspecified atom stereocenters. The Morgan fingerprint density at radius 3 is 2.70 bits per heavy atom. The lowest BCUT2D eigenvalue weighted by molar-refractivity contribution is -0.133. The SMILES string of the molecule is CCc1cccc(NC(=O)C2CCCN(C(=O)Cc3cccc4ccccc34)C2)c1. The summed E-state index contributed by atoms with van der Waals surface area (Å²) in [5.74, 6) is -0.0664. The van der Waals surface area contributed by atoms with Gasteiger partial charge in [-0.2, -0.15) is 0 Å². The molecular formula is C26H28N2O2. The second-order valence-corrected chi connectivity index (χ2v) is 8.04. The molecule has 1 saturated heterocycles. The maximum Gasteiger partial charge on any atom is 0.229 e. The molecule has 30 heavy (non-hydrogen) atoms. The summed E-state index contributed by atoms with van der Waals surface area (Å²) in [5.41, 5.74) is 3.07. The highest BCUT2D eigenvalue weighted by molar-refractivity contribution is 5.94. The van der Waals surface area contributed by atoms with Crippen LogP contribution in [0.2, 0.25) is 0 Å². The highest BCUT2D eigenvalue weighted by Crippen LogP contribution is 2.23. The van der Waals surface area contributed by atoms with Gasteiger partial charge in [-0.25, -0.2) is 0 Å². The molecule has 3 aromatic rings. The number of likely N-dealkylation sites (tertiary alicyclic amines) is 1. The van der Waals surface area contributed by atoms with Gasteiger partial charge in [0.05, 0.1) is 12.3 Å². The Balaban J connectivity index is 1.41. The van der Waals surface area contributed by atoms with E-state index in [1.165, 1.54) is 5.56 Å². The molecule has 4 heteroatoms. The van der Waals surface area contributed by atoms with Gasteiger partial charge in [-0.05, 0) is 53.3 Å². The Bertz CT molecular complexity index is 1050. The predicted molar refractivity (Wildman–Crippen MR) is 121 cm³/mol. The van der Waals surface area contributed by atoms with Crippen LogP contribution in [0.5, 0.6) is 0 Å². The van der Waals surface area contributed by atoms with E-state index in [-0.39, 0.29) is 17.7 Å². The van der Waals surface area contributed by atoms with E-state index in [2.05, 4.69) is 36.5 Å². The maximum absolute atomic E-state index is 13.0. The fourth-order valence-corrected chi connectivity index (χ4v) is 4.25. The van der Waals surface area contributed by atoms with Crippen LogP contribution in [-0.2, 0) is 22.4 Å². The van der Waals surface area contributed by atoms with E-state index in [1.807, 2.05) is 47.4 Å². The van der Waals surface area contributed by atoms with E-state index >= 15 is 0 Å². The van der Waals surface area contributed by atoms with Gasteiger partial charge < -0.3 is 10.2 Å². The molecule has 0 aromatic heterocycles. The Morgan fingerprint density at radius 2 is 1.83 bits per heavy atom. The van der Waals surface area contributed by atoms with Crippen molar-refractivity contribution >= 4 is 28.3 Å². The molecule has 1 heterocycles. The van der Waals surface area contributed by atoms with Crippen molar-refractivity contribution in [2.75, 3.05) is 18.4 Å². The van der Waals surface area contributed by atoms with E-state index < -0.39 is 0 Å². The van der Waals surface area contributed by atoms with Crippen molar-refractivity contribution in [3.05, 3.63) is 77.9 Å². The van der Waals surface area contributed by atoms with Crippen LogP contribution < -0.4 is 5.32 Å². The van der Waals surface area contributed by atoms with E-state index in [0.717, 1.165) is 47.8 Å². The average Bonchev–Trinajstić information content (AvgIpc) is 2.79. The molecule has 1 aliphatic heterocycles. The number of nitrogens with one attached hydrogen (secondary N) is 1. The monoisotopic (exact) mass is 400 g/mol. The fraction of sp³-hybridized carbons (Fsp3) is 0.308. The van der Waals surface area contributed by atoms with Crippen molar-refractivity contribution in [2.24, 2.45) is 5.92 Å². The highest BCUT2D eigenvalue weighted by atomic mass is 16.2. The Hall–Kier alpha value is -3.14. The van der Waals surface area contributed by atoms with Crippen LogP contribution in [0.25, 0.3) is 10.8 Å². The van der Waals surface area contributed by atoms with Gasteiger partial charge in [0.15, 0.2) is 0 Å². The molecule has 1 N–H and O–H groups in total. The van der Waals surface area contributed by atoms with Crippen LogP contribution in [0.4, 0.5) is 5.69 Å². The summed E-state index contributed by atoms with van der Waals surface area (Å²) in [6.07, 6.45) is 2.98. The summed E-state index contributed by atoms with van der Waals surface area (Å²) >= 11 is 0. The van der Waals surface area contributed by atoms with Crippen molar-refractivity contribution < 1.29 is 9.59 Å². The van der Waals surface area contributed by atoms with Gasteiger partial charge in [-0.15, -0.1) is 0 Å². The van der Waals surface area contributed by atoms with Gasteiger partial charge in [-0.1, -0.05) is 61.5 Å². The first-order valence-corrected chi connectivity index (χ1v) is 10.8. The van der Waals surface area contributed by atoms with E-state index in [0.29, 0.717) is 13.0 Å². The van der Waals surface area contributed by atoms with E-state index in [4.69, 9.17) is 0 Å². The van der Waals surface area contributed by atoms with Crippen LogP contribution in [0.1, 0.15) is 30.9 Å². The molecule has 4 rings (SSSR count). The van der Waals surface area contributed by atoms with Gasteiger partial charge in [0, 0.05) is 18.8 Å². The number of aryl methyl sites for hydroxylation is 1. The minimum Gasteiger partial charge on any atom is -0.342 e. The summed E-state index contributed by atoms with van der Waals surface area (Å²) in [5, 5.41) is 5.31. The molecular weight excluding hydrogens is 372 g/mol. The number of amides is 2. The number of piperidine rings is 1. The van der Waals surface area contributed by atoms with Crippen molar-refractivity contribution in [3.8, 4) is 0 Å². The topological polar surface area (TPSA) is 49.4 Å². The molecule has 1 fully saturated rings. The average molecular weight is 401 g/mol. The molecule has 0 saturated carbocycles. The van der Waals surface area contributed by atoms with Gasteiger partial charge in [0.1, 0.15) is 0 Å². The van der Waals surface area contributed by atoms with Crippen molar-refractivity contribution in [1.82, 2.24) is 4.90 Å². The third kappa shape index (κ3) is 4.54. The molecule has 0 spiro atoms. The number of benzene rings is 3. The smallest absolute Gasteiger partial charge is 0.229 e. The van der Waals surface area contributed by atoms with Crippen LogP contribution in [0.15, 0.2) is 66.7 Å². The van der Waals surface area contributed by atoms with Crippen LogP contribution in [0, 0.1) is 5.92 Å². The number of anilines is 1. The maximum atomic E-state index is 13.0. The van der Waals surface area contributed by atoms with Crippen molar-refractivity contribution in [3.63, 3.8) is 0 Å². The summed E-state index contributed by atoms with van der Waals surface area (Å²) in [7, 11) is 0. The van der Waals surface area contributed by atoms with Gasteiger partial charge in [-0.3, -0.25) is 9.59 Å². The third-order valence-electron chi connectivity index (χ3n) is 5.97. The van der Waals surface area contributed by atoms with Crippen LogP contribution >= 0.6 is 0 Å². The minimum atomic E-state index is -0.166. The van der Waals surface area contributed by atoms with E-state index in [1.54, 1.807) is 0 Å². The molecule has 0 bridgehead atoms. The fourth-order valence-electron chi connectivity index (χ4n) is 4.25. The quantitative estimate of drug-likeness (QED) is 0.667. The lowest BCUT2D eigenvalue weighted by Gasteiger charge is -2.32. The second-order valence-electron chi connectivity index (χ2n) is 8.04. The normalized spacial score (nSPS) is 16.4. The Kier molecular flexibility index (Phi) is 6.12. The van der Waals surface area contributed by atoms with Crippen molar-refractivity contribution in [2.45, 2.75) is 32.6 Å². The van der Waals surface area contributed by atoms with Gasteiger partial charge in [0.25, 0.3) is 0 Å². The van der Waals surface area contributed by atoms with Crippen LogP contribution in [-0.4, -0.2) is 29.8 Å². The lowest BCUT2D eigenvalue weighted by atomic mass is 9.95. The molecule has 2 amide bonds. The zero-order valence-corrected chi connectivity index (χ0v) is 17.4. The summed E-state index contributed by atoms with van der Waals surface area (Å²) in [6.45, 7) is 3.31. The Morgan fingerprint density at radius 1 is 1.03 bits per heavy atom. The molecule has 4 nitrogen and oxygen atoms in total. The zero-order chi connectivity index (χ0) is 20.9. The number of carbonyl (C=O) groups excluding carboxylic acids is 2. The number of fused-ring (bicyclic) bond motifs is 1. The minimum absolute atomic E-state index is 0.00548. The van der Waals surface area contributed by atoms with Gasteiger partial charge >= 0.3 is 0 Å². The zero-order valence-electron chi connectivity index (χ0n) is 17.4. The molecule has 3 aromatic carbocycles. The summed E-state index contributed by atoms with van der Waals surface area (Å²) in [6, 6.07) is 22.2. The number of carbonyl (C=O) groups is 2. The second kappa shape index (κ2) is 9.12. The van der Waals surface area contributed by atoms with E-state index in [9.17, 15) is 9.59 Å². The predicted octanol–water partition coefficient (Wildman–Crippen LogP) is 4.82. The molecule has 0 radical (unpaired) electrons. The Labute approximate surface area is 177 Å². The highest BCUT2D eigenvalue weighted by Gasteiger charge is 2.28. The first-order valence-electron chi connectivity index (χ1n) is 10.8. The molecule has 154 valence electrons. The first kappa shape index (κ1) is 20.1. The molecule has 1 aliphatic rings. The third-order valence-corrected chi connectivity index (χ3v) is 5.97. The van der Waals surface area contributed by atoms with Gasteiger partial charge in [0.2, 0.25) is 11.8 Å². The number of hydrogen-bond acceptors (Lipinski definition) is 2. The van der Waals surface area contributed by atoms with Crippen molar-refractivity contribution in [1.29, 1.82) is 0 Å². The summed E-state index contributed by atoms with van der Waals surface area (Å²) < 4.78 is 0. The largest absolute Gasteiger partial charge is 0.342 e. The lowest BCUT2D eigenvalue weighted by Crippen LogP contribution is -2.44. The number of hydrogen-bond donors (Lipinski definition) is 1. The molecule has 1 atom stereocenters. The molecule has 0 aliphatic carbocycles. The number of rotatable bonds is 5. The summed E-state index contributed by atoms with van der Waals surface area (Å²) in [4.78, 5) is 27.7. The van der Waals surface area contributed by atoms with Crippen LogP contribution in [0.3, 0.4) is 0 Å².